The van der Waals surface area contributed by atoms with Gasteiger partial charge in [0, 0.05) is 17.1 Å². The van der Waals surface area contributed by atoms with E-state index in [0.29, 0.717) is 5.33 Å². The second-order valence-electron chi connectivity index (χ2n) is 4.25. The number of amides is 1. The Kier molecular flexibility index (Phi) is 4.58. The summed E-state index contributed by atoms with van der Waals surface area (Å²) in [4.78, 5) is 11.2. The van der Waals surface area contributed by atoms with Crippen LogP contribution in [0.4, 0.5) is 17.1 Å². The van der Waals surface area contributed by atoms with Crippen molar-refractivity contribution in [2.45, 2.75) is 6.92 Å². The van der Waals surface area contributed by atoms with Crippen LogP contribution in [-0.4, -0.2) is 11.2 Å². The Morgan fingerprint density at radius 2 is 1.42 bits per heavy atom. The lowest BCUT2D eigenvalue weighted by Gasteiger charge is -2.08. The van der Waals surface area contributed by atoms with E-state index in [2.05, 4.69) is 45.6 Å². The van der Waals surface area contributed by atoms with Crippen molar-refractivity contribution in [2.75, 3.05) is 16.0 Å². The van der Waals surface area contributed by atoms with Crippen LogP contribution in [0.3, 0.4) is 0 Å². The molecule has 0 radical (unpaired) electrons. The number of carbonyl (C=O) groups is 1. The smallest absolute Gasteiger partial charge is 0.235 e. The molecule has 0 aliphatic heterocycles. The molecule has 0 fully saturated rings. The highest BCUT2D eigenvalue weighted by atomic mass is 79.9. The Hall–Kier alpha value is -1.81. The fraction of sp³-hybridized carbons (Fsp3) is 0.133. The molecular weight excluding hydrogens is 304 g/mol. The number of hydrogen-bond donors (Lipinski definition) is 2. The number of halogens is 1. The Balaban J connectivity index is 2.02. The predicted octanol–water partition coefficient (Wildman–Crippen LogP) is 4.07. The lowest BCUT2D eigenvalue weighted by molar-refractivity contribution is -0.113. The summed E-state index contributed by atoms with van der Waals surface area (Å²) in [5.41, 5.74) is 4.06. The number of rotatable bonds is 4. The molecule has 0 heterocycles. The molecule has 2 aromatic carbocycles. The maximum atomic E-state index is 11.2. The Labute approximate surface area is 121 Å². The van der Waals surface area contributed by atoms with Gasteiger partial charge in [0.1, 0.15) is 0 Å². The maximum Gasteiger partial charge on any atom is 0.235 e. The molecule has 3 nitrogen and oxygen atoms in total. The number of aryl methyl sites for hydroxylation is 1. The van der Waals surface area contributed by atoms with Crippen LogP contribution in [0, 0.1) is 6.92 Å². The summed E-state index contributed by atoms with van der Waals surface area (Å²) in [5, 5.41) is 6.38. The third kappa shape index (κ3) is 4.10. The van der Waals surface area contributed by atoms with Crippen LogP contribution >= 0.6 is 15.9 Å². The first-order valence-electron chi connectivity index (χ1n) is 5.97. The summed E-state index contributed by atoms with van der Waals surface area (Å²) < 4.78 is 0. The highest BCUT2D eigenvalue weighted by Gasteiger charge is 2.00. The number of carbonyl (C=O) groups excluding carboxylic acids is 1. The van der Waals surface area contributed by atoms with Crippen LogP contribution in [0.2, 0.25) is 0 Å². The first-order chi connectivity index (χ1) is 9.17. The molecule has 2 rings (SSSR count). The fourth-order valence-corrected chi connectivity index (χ4v) is 1.78. The van der Waals surface area contributed by atoms with Gasteiger partial charge >= 0.3 is 0 Å². The molecular formula is C15H15BrN2O. The molecule has 0 aliphatic carbocycles. The monoisotopic (exact) mass is 318 g/mol. The van der Waals surface area contributed by atoms with E-state index >= 15 is 0 Å². The van der Waals surface area contributed by atoms with Gasteiger partial charge in [0.25, 0.3) is 0 Å². The zero-order valence-corrected chi connectivity index (χ0v) is 12.2. The highest BCUT2D eigenvalue weighted by Crippen LogP contribution is 2.19. The van der Waals surface area contributed by atoms with Crippen molar-refractivity contribution >= 4 is 38.9 Å². The van der Waals surface area contributed by atoms with Crippen molar-refractivity contribution in [3.05, 3.63) is 54.1 Å². The molecule has 19 heavy (non-hydrogen) atoms. The van der Waals surface area contributed by atoms with E-state index in [1.54, 1.807) is 0 Å². The number of benzene rings is 2. The summed E-state index contributed by atoms with van der Waals surface area (Å²) in [6.07, 6.45) is 0. The summed E-state index contributed by atoms with van der Waals surface area (Å²) in [7, 11) is 0. The molecule has 2 aromatic rings. The number of anilines is 3. The molecule has 0 saturated carbocycles. The summed E-state index contributed by atoms with van der Waals surface area (Å²) in [5.74, 6) is -0.0563. The Morgan fingerprint density at radius 3 is 1.95 bits per heavy atom. The van der Waals surface area contributed by atoms with E-state index in [9.17, 15) is 4.79 Å². The summed E-state index contributed by atoms with van der Waals surface area (Å²) in [6, 6.07) is 15.8. The normalized spacial score (nSPS) is 10.0. The molecule has 4 heteroatoms. The van der Waals surface area contributed by atoms with Crippen molar-refractivity contribution in [1.29, 1.82) is 0 Å². The molecule has 0 aliphatic rings. The van der Waals surface area contributed by atoms with E-state index < -0.39 is 0 Å². The molecule has 0 unspecified atom stereocenters. The molecule has 2 N–H and O–H groups in total. The summed E-state index contributed by atoms with van der Waals surface area (Å²) >= 11 is 3.11. The average Bonchev–Trinajstić information content (AvgIpc) is 2.43. The van der Waals surface area contributed by atoms with Crippen LogP contribution in [0.5, 0.6) is 0 Å². The van der Waals surface area contributed by atoms with Gasteiger partial charge in [-0.2, -0.15) is 0 Å². The van der Waals surface area contributed by atoms with Crippen molar-refractivity contribution < 1.29 is 4.79 Å². The third-order valence-corrected chi connectivity index (χ3v) is 3.14. The highest BCUT2D eigenvalue weighted by molar-refractivity contribution is 9.09. The largest absolute Gasteiger partial charge is 0.356 e. The number of nitrogens with one attached hydrogen (secondary N) is 2. The van der Waals surface area contributed by atoms with Crippen LogP contribution in [0.1, 0.15) is 5.56 Å². The van der Waals surface area contributed by atoms with Gasteiger partial charge < -0.3 is 10.6 Å². The molecule has 0 aromatic heterocycles. The van der Waals surface area contributed by atoms with E-state index in [1.165, 1.54) is 5.56 Å². The molecule has 0 bridgehead atoms. The van der Waals surface area contributed by atoms with E-state index in [4.69, 9.17) is 0 Å². The molecule has 98 valence electrons. The lowest BCUT2D eigenvalue weighted by atomic mass is 10.2. The van der Waals surface area contributed by atoms with E-state index in [0.717, 1.165) is 17.1 Å². The van der Waals surface area contributed by atoms with Crippen LogP contribution in [0.15, 0.2) is 48.5 Å². The minimum atomic E-state index is -0.0563. The zero-order valence-electron chi connectivity index (χ0n) is 10.6. The lowest BCUT2D eigenvalue weighted by Crippen LogP contribution is -2.11. The summed E-state index contributed by atoms with van der Waals surface area (Å²) in [6.45, 7) is 2.06. The topological polar surface area (TPSA) is 41.1 Å². The standard InChI is InChI=1S/C15H15BrN2O/c1-11-2-4-12(5-3-11)17-13-6-8-14(9-7-13)18-15(19)10-16/h2-9,17H,10H2,1H3,(H,18,19). The van der Waals surface area contributed by atoms with Crippen LogP contribution in [-0.2, 0) is 4.79 Å². The van der Waals surface area contributed by atoms with Gasteiger partial charge in [0.2, 0.25) is 5.91 Å². The molecule has 0 atom stereocenters. The third-order valence-electron chi connectivity index (χ3n) is 2.63. The Morgan fingerprint density at radius 1 is 0.947 bits per heavy atom. The molecule has 0 saturated heterocycles. The maximum absolute atomic E-state index is 11.2. The first kappa shape index (κ1) is 13.6. The molecule has 1 amide bonds. The van der Waals surface area contributed by atoms with Crippen molar-refractivity contribution in [2.24, 2.45) is 0 Å². The minimum Gasteiger partial charge on any atom is -0.356 e. The van der Waals surface area contributed by atoms with Gasteiger partial charge in [-0.25, -0.2) is 0 Å². The van der Waals surface area contributed by atoms with Crippen molar-refractivity contribution in [3.63, 3.8) is 0 Å². The second kappa shape index (κ2) is 6.38. The minimum absolute atomic E-state index is 0.0563. The Bertz CT molecular complexity index is 549. The SMILES string of the molecule is Cc1ccc(Nc2ccc(NC(=O)CBr)cc2)cc1. The predicted molar refractivity (Wildman–Crippen MR) is 83.3 cm³/mol. The average molecular weight is 319 g/mol. The van der Waals surface area contributed by atoms with Gasteiger partial charge in [-0.05, 0) is 43.3 Å². The van der Waals surface area contributed by atoms with Gasteiger partial charge in [-0.15, -0.1) is 0 Å². The van der Waals surface area contributed by atoms with Gasteiger partial charge in [-0.1, -0.05) is 33.6 Å². The number of hydrogen-bond acceptors (Lipinski definition) is 2. The van der Waals surface area contributed by atoms with Gasteiger partial charge in [0.15, 0.2) is 0 Å². The quantitative estimate of drug-likeness (QED) is 0.834. The van der Waals surface area contributed by atoms with E-state index in [-0.39, 0.29) is 5.91 Å². The van der Waals surface area contributed by atoms with Crippen LogP contribution in [0.25, 0.3) is 0 Å². The fourth-order valence-electron chi connectivity index (χ4n) is 1.63. The number of alkyl halides is 1. The van der Waals surface area contributed by atoms with Gasteiger partial charge in [-0.3, -0.25) is 4.79 Å². The van der Waals surface area contributed by atoms with Gasteiger partial charge in [0.05, 0.1) is 5.33 Å². The van der Waals surface area contributed by atoms with E-state index in [1.807, 2.05) is 36.4 Å². The molecule has 0 spiro atoms. The first-order valence-corrected chi connectivity index (χ1v) is 7.09. The van der Waals surface area contributed by atoms with Crippen molar-refractivity contribution in [1.82, 2.24) is 0 Å². The van der Waals surface area contributed by atoms with Crippen molar-refractivity contribution in [3.8, 4) is 0 Å². The van der Waals surface area contributed by atoms with Crippen LogP contribution < -0.4 is 10.6 Å². The zero-order chi connectivity index (χ0) is 13.7. The second-order valence-corrected chi connectivity index (χ2v) is 4.81.